The van der Waals surface area contributed by atoms with Gasteiger partial charge in [0.15, 0.2) is 0 Å². The predicted octanol–water partition coefficient (Wildman–Crippen LogP) is 0.638. The van der Waals surface area contributed by atoms with Gasteiger partial charge in [0.1, 0.15) is 6.17 Å². The van der Waals surface area contributed by atoms with Crippen LogP contribution in [0, 0.1) is 0 Å². The topological polar surface area (TPSA) is 43.8 Å². The third-order valence-electron chi connectivity index (χ3n) is 2.19. The number of likely N-dealkylation sites (tertiary alicyclic amines) is 1. The largest absolute Gasteiger partial charge is 0.465 e. The van der Waals surface area contributed by atoms with Crippen LogP contribution in [-0.2, 0) is 0 Å². The molecule has 0 saturated carbocycles. The van der Waals surface area contributed by atoms with Gasteiger partial charge >= 0.3 is 6.09 Å². The lowest BCUT2D eigenvalue weighted by Crippen LogP contribution is -2.40. The third-order valence-corrected chi connectivity index (χ3v) is 2.19. The summed E-state index contributed by atoms with van der Waals surface area (Å²) < 4.78 is 12.9. The van der Waals surface area contributed by atoms with Crippen molar-refractivity contribution < 1.29 is 14.3 Å². The minimum absolute atomic E-state index is 0.0217. The number of hydrogen-bond acceptors (Lipinski definition) is 2. The standard InChI is InChI=1S/C8H15FN2O2/c1-10(2)5-7-3-6(9)4-11(7)8(12)13/h6-7H,3-5H2,1-2H3,(H,12,13)/t6-,7+/m0/s1. The molecule has 1 rings (SSSR count). The van der Waals surface area contributed by atoms with E-state index in [0.29, 0.717) is 13.0 Å². The summed E-state index contributed by atoms with van der Waals surface area (Å²) in [6.45, 7) is 0.612. The van der Waals surface area contributed by atoms with Gasteiger partial charge in [0.2, 0.25) is 0 Å². The van der Waals surface area contributed by atoms with Crippen LogP contribution in [0.3, 0.4) is 0 Å². The summed E-state index contributed by atoms with van der Waals surface area (Å²) in [4.78, 5) is 13.7. The summed E-state index contributed by atoms with van der Waals surface area (Å²) in [5.74, 6) is 0. The van der Waals surface area contributed by atoms with Crippen molar-refractivity contribution in [2.24, 2.45) is 0 Å². The molecule has 1 saturated heterocycles. The van der Waals surface area contributed by atoms with Gasteiger partial charge in [0, 0.05) is 13.0 Å². The SMILES string of the molecule is CN(C)C[C@H]1C[C@H](F)CN1C(=O)O. The maximum atomic E-state index is 12.9. The summed E-state index contributed by atoms with van der Waals surface area (Å²) in [6.07, 6.45) is -1.70. The van der Waals surface area contributed by atoms with Gasteiger partial charge in [-0.25, -0.2) is 9.18 Å². The number of carbonyl (C=O) groups is 1. The van der Waals surface area contributed by atoms with Crippen LogP contribution in [-0.4, -0.2) is 60.4 Å². The quantitative estimate of drug-likeness (QED) is 0.695. The molecule has 1 N–H and O–H groups in total. The Hall–Kier alpha value is -0.840. The smallest absolute Gasteiger partial charge is 0.407 e. The van der Waals surface area contributed by atoms with Gasteiger partial charge < -0.3 is 14.9 Å². The second-order valence-electron chi connectivity index (χ2n) is 3.68. The van der Waals surface area contributed by atoms with Crippen LogP contribution >= 0.6 is 0 Å². The molecule has 0 aromatic carbocycles. The van der Waals surface area contributed by atoms with Gasteiger partial charge in [-0.1, -0.05) is 0 Å². The van der Waals surface area contributed by atoms with Crippen LogP contribution in [0.2, 0.25) is 0 Å². The summed E-state index contributed by atoms with van der Waals surface area (Å²) in [5.41, 5.74) is 0. The number of nitrogens with zero attached hydrogens (tertiary/aromatic N) is 2. The Bertz CT molecular complexity index is 199. The van der Waals surface area contributed by atoms with Crippen molar-refractivity contribution in [1.82, 2.24) is 9.80 Å². The van der Waals surface area contributed by atoms with Crippen LogP contribution in [0.4, 0.5) is 9.18 Å². The molecule has 2 atom stereocenters. The van der Waals surface area contributed by atoms with Crippen molar-refractivity contribution in [3.8, 4) is 0 Å². The Morgan fingerprint density at radius 2 is 2.31 bits per heavy atom. The number of carboxylic acid groups (broad SMARTS) is 1. The molecule has 0 radical (unpaired) electrons. The van der Waals surface area contributed by atoms with E-state index in [1.807, 2.05) is 19.0 Å². The number of rotatable bonds is 2. The molecular formula is C8H15FN2O2. The Morgan fingerprint density at radius 1 is 1.69 bits per heavy atom. The lowest BCUT2D eigenvalue weighted by atomic mass is 10.2. The highest BCUT2D eigenvalue weighted by Crippen LogP contribution is 2.20. The summed E-state index contributed by atoms with van der Waals surface area (Å²) in [5, 5.41) is 8.76. The normalized spacial score (nSPS) is 28.5. The minimum Gasteiger partial charge on any atom is -0.465 e. The molecule has 0 spiro atoms. The van der Waals surface area contributed by atoms with Crippen molar-refractivity contribution >= 4 is 6.09 Å². The van der Waals surface area contributed by atoms with Crippen LogP contribution in [0.1, 0.15) is 6.42 Å². The van der Waals surface area contributed by atoms with E-state index >= 15 is 0 Å². The number of halogens is 1. The van der Waals surface area contributed by atoms with E-state index in [0.717, 1.165) is 0 Å². The van der Waals surface area contributed by atoms with Crippen LogP contribution in [0.15, 0.2) is 0 Å². The molecule has 0 aromatic rings. The van der Waals surface area contributed by atoms with E-state index < -0.39 is 12.3 Å². The summed E-state index contributed by atoms with van der Waals surface area (Å²) in [7, 11) is 3.71. The number of likely N-dealkylation sites (N-methyl/N-ethyl adjacent to an activating group) is 1. The first-order chi connectivity index (χ1) is 6.00. The van der Waals surface area contributed by atoms with Crippen molar-refractivity contribution in [3.63, 3.8) is 0 Å². The van der Waals surface area contributed by atoms with Crippen molar-refractivity contribution in [1.29, 1.82) is 0 Å². The number of amides is 1. The maximum absolute atomic E-state index is 12.9. The van der Waals surface area contributed by atoms with Gasteiger partial charge in [-0.05, 0) is 14.1 Å². The third kappa shape index (κ3) is 2.55. The molecule has 1 aliphatic heterocycles. The van der Waals surface area contributed by atoms with Crippen molar-refractivity contribution in [3.05, 3.63) is 0 Å². The van der Waals surface area contributed by atoms with Crippen molar-refractivity contribution in [2.75, 3.05) is 27.2 Å². The fourth-order valence-electron chi connectivity index (χ4n) is 1.69. The molecule has 0 aromatic heterocycles. The Morgan fingerprint density at radius 3 is 2.77 bits per heavy atom. The highest BCUT2D eigenvalue weighted by atomic mass is 19.1. The van der Waals surface area contributed by atoms with Gasteiger partial charge in [-0.2, -0.15) is 0 Å². The Balaban J connectivity index is 2.55. The minimum atomic E-state index is -1.02. The average Bonchev–Trinajstić information content (AvgIpc) is 2.29. The Kier molecular flexibility index (Phi) is 3.08. The van der Waals surface area contributed by atoms with Crippen LogP contribution in [0.25, 0.3) is 0 Å². The van der Waals surface area contributed by atoms with Crippen LogP contribution in [0.5, 0.6) is 0 Å². The van der Waals surface area contributed by atoms with E-state index in [9.17, 15) is 9.18 Å². The molecule has 1 amide bonds. The first kappa shape index (κ1) is 10.2. The molecule has 5 heteroatoms. The van der Waals surface area contributed by atoms with E-state index in [-0.39, 0.29) is 12.6 Å². The zero-order chi connectivity index (χ0) is 10.0. The van der Waals surface area contributed by atoms with Gasteiger partial charge in [0.25, 0.3) is 0 Å². The first-order valence-electron chi connectivity index (χ1n) is 4.29. The molecule has 0 aliphatic carbocycles. The van der Waals surface area contributed by atoms with Gasteiger partial charge in [0.05, 0.1) is 12.6 Å². The summed E-state index contributed by atoms with van der Waals surface area (Å²) in [6, 6.07) is -0.192. The van der Waals surface area contributed by atoms with Gasteiger partial charge in [-0.15, -0.1) is 0 Å². The molecular weight excluding hydrogens is 175 g/mol. The molecule has 76 valence electrons. The fraction of sp³-hybridized carbons (Fsp3) is 0.875. The second-order valence-corrected chi connectivity index (χ2v) is 3.68. The van der Waals surface area contributed by atoms with E-state index in [1.165, 1.54) is 4.90 Å². The van der Waals surface area contributed by atoms with E-state index in [4.69, 9.17) is 5.11 Å². The molecule has 1 fully saturated rings. The Labute approximate surface area is 76.9 Å². The first-order valence-corrected chi connectivity index (χ1v) is 4.29. The number of alkyl halides is 1. The van der Waals surface area contributed by atoms with E-state index in [2.05, 4.69) is 0 Å². The molecule has 1 heterocycles. The predicted molar refractivity (Wildman–Crippen MR) is 46.6 cm³/mol. The lowest BCUT2D eigenvalue weighted by Gasteiger charge is -2.23. The maximum Gasteiger partial charge on any atom is 0.407 e. The van der Waals surface area contributed by atoms with Gasteiger partial charge in [-0.3, -0.25) is 0 Å². The number of hydrogen-bond donors (Lipinski definition) is 1. The molecule has 13 heavy (non-hydrogen) atoms. The molecule has 0 bridgehead atoms. The zero-order valence-electron chi connectivity index (χ0n) is 7.90. The zero-order valence-corrected chi connectivity index (χ0v) is 7.90. The monoisotopic (exact) mass is 190 g/mol. The van der Waals surface area contributed by atoms with E-state index in [1.54, 1.807) is 0 Å². The fourth-order valence-corrected chi connectivity index (χ4v) is 1.69. The second kappa shape index (κ2) is 3.91. The molecule has 4 nitrogen and oxygen atoms in total. The van der Waals surface area contributed by atoms with Crippen molar-refractivity contribution in [2.45, 2.75) is 18.6 Å². The van der Waals surface area contributed by atoms with Crippen LogP contribution < -0.4 is 0 Å². The highest BCUT2D eigenvalue weighted by molar-refractivity contribution is 5.66. The summed E-state index contributed by atoms with van der Waals surface area (Å²) >= 11 is 0. The molecule has 0 unspecified atom stereocenters. The lowest BCUT2D eigenvalue weighted by molar-refractivity contribution is 0.131. The molecule has 1 aliphatic rings. The highest BCUT2D eigenvalue weighted by Gasteiger charge is 2.35. The average molecular weight is 190 g/mol.